The largest absolute Gasteiger partial charge is 0.466 e. The molecule has 1 fully saturated rings. The Morgan fingerprint density at radius 2 is 2.06 bits per heavy atom. The third-order valence-corrected chi connectivity index (χ3v) is 2.83. The molecule has 0 spiro atoms. The standard InChI is InChI=1S/C13H21NO4/c1-5-16-12(15)11(13-17-9(4)18-13)10(7-14)6-8(2)3/h8-11,13H,5-6H2,1-4H3/t9?,10-,11?,13?/m0/s1. The molecule has 1 unspecified atom stereocenters. The van der Waals surface area contributed by atoms with Gasteiger partial charge in [-0.05, 0) is 26.2 Å². The van der Waals surface area contributed by atoms with Crippen LogP contribution in [0.1, 0.15) is 34.1 Å². The molecule has 1 saturated heterocycles. The summed E-state index contributed by atoms with van der Waals surface area (Å²) in [7, 11) is 0. The first kappa shape index (κ1) is 14.9. The summed E-state index contributed by atoms with van der Waals surface area (Å²) in [4.78, 5) is 11.9. The Kier molecular flexibility index (Phi) is 5.57. The molecule has 0 radical (unpaired) electrons. The van der Waals surface area contributed by atoms with Crippen LogP contribution in [0.15, 0.2) is 0 Å². The van der Waals surface area contributed by atoms with Gasteiger partial charge in [0.1, 0.15) is 5.92 Å². The lowest BCUT2D eigenvalue weighted by Gasteiger charge is -2.39. The molecular formula is C13H21NO4. The molecule has 1 aliphatic heterocycles. The van der Waals surface area contributed by atoms with E-state index in [0.29, 0.717) is 12.3 Å². The Hall–Kier alpha value is -1.12. The minimum atomic E-state index is -0.659. The van der Waals surface area contributed by atoms with Crippen LogP contribution < -0.4 is 0 Å². The second-order valence-electron chi connectivity index (χ2n) is 4.85. The van der Waals surface area contributed by atoms with Gasteiger partial charge in [-0.2, -0.15) is 5.26 Å². The normalized spacial score (nSPS) is 26.0. The summed E-state index contributed by atoms with van der Waals surface area (Å²) in [6, 6.07) is 2.18. The average molecular weight is 255 g/mol. The zero-order chi connectivity index (χ0) is 13.7. The molecule has 0 N–H and O–H groups in total. The highest BCUT2D eigenvalue weighted by Crippen LogP contribution is 2.32. The van der Waals surface area contributed by atoms with Gasteiger partial charge < -0.3 is 14.2 Å². The predicted molar refractivity (Wildman–Crippen MR) is 64.1 cm³/mol. The zero-order valence-electron chi connectivity index (χ0n) is 11.4. The van der Waals surface area contributed by atoms with Gasteiger partial charge in [-0.25, -0.2) is 0 Å². The highest BCUT2D eigenvalue weighted by atomic mass is 16.9. The minimum Gasteiger partial charge on any atom is -0.466 e. The van der Waals surface area contributed by atoms with Crippen molar-refractivity contribution in [3.8, 4) is 6.07 Å². The number of esters is 1. The van der Waals surface area contributed by atoms with Crippen molar-refractivity contribution in [3.63, 3.8) is 0 Å². The third-order valence-electron chi connectivity index (χ3n) is 2.83. The average Bonchev–Trinajstić information content (AvgIpc) is 2.25. The second-order valence-corrected chi connectivity index (χ2v) is 4.85. The smallest absolute Gasteiger partial charge is 0.315 e. The Balaban J connectivity index is 2.75. The van der Waals surface area contributed by atoms with Crippen LogP contribution in [-0.4, -0.2) is 25.2 Å². The molecule has 0 aliphatic carbocycles. The fourth-order valence-corrected chi connectivity index (χ4v) is 2.05. The van der Waals surface area contributed by atoms with E-state index in [1.54, 1.807) is 13.8 Å². The van der Waals surface area contributed by atoms with Gasteiger partial charge in [0.15, 0.2) is 12.6 Å². The van der Waals surface area contributed by atoms with Crippen molar-refractivity contribution in [2.24, 2.45) is 17.8 Å². The van der Waals surface area contributed by atoms with E-state index >= 15 is 0 Å². The first-order valence-electron chi connectivity index (χ1n) is 6.36. The quantitative estimate of drug-likeness (QED) is 0.679. The van der Waals surface area contributed by atoms with Crippen molar-refractivity contribution in [2.75, 3.05) is 6.61 Å². The Morgan fingerprint density at radius 1 is 1.44 bits per heavy atom. The summed E-state index contributed by atoms with van der Waals surface area (Å²) in [5.74, 6) is -1.19. The molecule has 0 aromatic carbocycles. The summed E-state index contributed by atoms with van der Waals surface area (Å²) in [6.45, 7) is 7.80. The van der Waals surface area contributed by atoms with Crippen LogP contribution in [0.25, 0.3) is 0 Å². The fourth-order valence-electron chi connectivity index (χ4n) is 2.05. The molecule has 18 heavy (non-hydrogen) atoms. The van der Waals surface area contributed by atoms with E-state index in [0.717, 1.165) is 0 Å². The van der Waals surface area contributed by atoms with Gasteiger partial charge in [-0.15, -0.1) is 0 Å². The van der Waals surface area contributed by atoms with Crippen LogP contribution >= 0.6 is 0 Å². The molecule has 0 bridgehead atoms. The van der Waals surface area contributed by atoms with Crippen LogP contribution in [0.5, 0.6) is 0 Å². The molecule has 1 heterocycles. The SMILES string of the molecule is CCOC(=O)C(C1OC(C)O1)[C@H](C#N)CC(C)C. The maximum Gasteiger partial charge on any atom is 0.315 e. The number of ether oxygens (including phenoxy) is 3. The monoisotopic (exact) mass is 255 g/mol. The van der Waals surface area contributed by atoms with Gasteiger partial charge in [0.25, 0.3) is 0 Å². The van der Waals surface area contributed by atoms with Gasteiger partial charge in [-0.1, -0.05) is 13.8 Å². The van der Waals surface area contributed by atoms with Crippen LogP contribution in [-0.2, 0) is 19.0 Å². The Bertz CT molecular complexity index is 317. The molecule has 0 aromatic heterocycles. The number of hydrogen-bond acceptors (Lipinski definition) is 5. The van der Waals surface area contributed by atoms with E-state index in [9.17, 15) is 10.1 Å². The Morgan fingerprint density at radius 3 is 2.44 bits per heavy atom. The molecule has 0 saturated carbocycles. The van der Waals surface area contributed by atoms with Gasteiger partial charge in [0.05, 0.1) is 18.6 Å². The van der Waals surface area contributed by atoms with Crippen molar-refractivity contribution in [1.29, 1.82) is 5.26 Å². The predicted octanol–water partition coefficient (Wildman–Crippen LogP) is 2.07. The van der Waals surface area contributed by atoms with E-state index < -0.39 is 24.1 Å². The summed E-state index contributed by atoms with van der Waals surface area (Å²) in [5.41, 5.74) is 0. The molecule has 0 aromatic rings. The van der Waals surface area contributed by atoms with E-state index in [1.165, 1.54) is 0 Å². The molecule has 102 valence electrons. The Labute approximate surface area is 108 Å². The molecule has 5 nitrogen and oxygen atoms in total. The summed E-state index contributed by atoms with van der Waals surface area (Å²) >= 11 is 0. The maximum absolute atomic E-state index is 11.9. The zero-order valence-corrected chi connectivity index (χ0v) is 11.4. The highest BCUT2D eigenvalue weighted by molar-refractivity contribution is 5.73. The van der Waals surface area contributed by atoms with Crippen LogP contribution in [0.3, 0.4) is 0 Å². The molecular weight excluding hydrogens is 234 g/mol. The second kappa shape index (κ2) is 6.72. The van der Waals surface area contributed by atoms with Gasteiger partial charge in [0.2, 0.25) is 0 Å². The van der Waals surface area contributed by atoms with E-state index in [1.807, 2.05) is 13.8 Å². The van der Waals surface area contributed by atoms with Gasteiger partial charge in [-0.3, -0.25) is 4.79 Å². The van der Waals surface area contributed by atoms with Crippen molar-refractivity contribution >= 4 is 5.97 Å². The van der Waals surface area contributed by atoms with Crippen LogP contribution in [0.4, 0.5) is 0 Å². The van der Waals surface area contributed by atoms with Crippen molar-refractivity contribution in [3.05, 3.63) is 0 Å². The van der Waals surface area contributed by atoms with E-state index in [2.05, 4.69) is 6.07 Å². The maximum atomic E-state index is 11.9. The lowest BCUT2D eigenvalue weighted by atomic mass is 9.85. The molecule has 2 atom stereocenters. The summed E-state index contributed by atoms with van der Waals surface area (Å²) < 4.78 is 15.7. The van der Waals surface area contributed by atoms with Gasteiger partial charge in [0, 0.05) is 0 Å². The summed E-state index contributed by atoms with van der Waals surface area (Å²) in [5, 5.41) is 9.23. The van der Waals surface area contributed by atoms with Gasteiger partial charge >= 0.3 is 5.97 Å². The first-order valence-corrected chi connectivity index (χ1v) is 6.36. The topological polar surface area (TPSA) is 68.6 Å². The number of nitrogens with zero attached hydrogens (tertiary/aromatic N) is 1. The van der Waals surface area contributed by atoms with E-state index in [4.69, 9.17) is 14.2 Å². The lowest BCUT2D eigenvalue weighted by Crippen LogP contribution is -2.49. The molecule has 1 rings (SSSR count). The molecule has 0 amide bonds. The highest BCUT2D eigenvalue weighted by Gasteiger charge is 2.44. The minimum absolute atomic E-state index is 0.289. The number of nitriles is 1. The molecule has 5 heteroatoms. The van der Waals surface area contributed by atoms with Crippen molar-refractivity contribution < 1.29 is 19.0 Å². The third kappa shape index (κ3) is 3.69. The number of rotatable bonds is 6. The first-order chi connectivity index (χ1) is 8.49. The summed E-state index contributed by atoms with van der Waals surface area (Å²) in [6.07, 6.45) is -0.342. The number of carbonyl (C=O) groups excluding carboxylic acids is 1. The molecule has 1 aliphatic rings. The lowest BCUT2D eigenvalue weighted by molar-refractivity contribution is -0.391. The van der Waals surface area contributed by atoms with E-state index in [-0.39, 0.29) is 12.9 Å². The van der Waals surface area contributed by atoms with Crippen molar-refractivity contribution in [2.45, 2.75) is 46.7 Å². The number of hydrogen-bond donors (Lipinski definition) is 0. The van der Waals surface area contributed by atoms with Crippen LogP contribution in [0, 0.1) is 29.1 Å². The number of carbonyl (C=O) groups is 1. The van der Waals surface area contributed by atoms with Crippen LogP contribution in [0.2, 0.25) is 0 Å². The van der Waals surface area contributed by atoms with Crippen molar-refractivity contribution in [1.82, 2.24) is 0 Å². The fraction of sp³-hybridized carbons (Fsp3) is 0.846.